The number of hydrogen-bond acceptors (Lipinski definition) is 3. The van der Waals surface area contributed by atoms with Crippen molar-refractivity contribution in [2.75, 3.05) is 18.9 Å². The molecule has 0 aromatic heterocycles. The van der Waals surface area contributed by atoms with E-state index in [1.165, 1.54) is 0 Å². The first kappa shape index (κ1) is 16.5. The molecule has 0 radical (unpaired) electrons. The SMILES string of the molecule is CCC(CN)CC(=O)Nc1cc(C(=O)NC)ccc1Cl. The van der Waals surface area contributed by atoms with Crippen molar-refractivity contribution < 1.29 is 9.59 Å². The number of anilines is 1. The molecule has 4 N–H and O–H groups in total. The molecule has 5 nitrogen and oxygen atoms in total. The summed E-state index contributed by atoms with van der Waals surface area (Å²) in [6.07, 6.45) is 1.18. The lowest BCUT2D eigenvalue weighted by atomic mass is 10.0. The summed E-state index contributed by atoms with van der Waals surface area (Å²) in [5.74, 6) is -0.236. The van der Waals surface area contributed by atoms with E-state index in [1.807, 2.05) is 6.92 Å². The third-order valence-electron chi connectivity index (χ3n) is 3.11. The minimum absolute atomic E-state index is 0.149. The van der Waals surface area contributed by atoms with Crippen molar-refractivity contribution in [3.63, 3.8) is 0 Å². The number of nitrogens with two attached hydrogens (primary N) is 1. The maximum Gasteiger partial charge on any atom is 0.251 e. The van der Waals surface area contributed by atoms with Crippen molar-refractivity contribution in [3.8, 4) is 0 Å². The van der Waals surface area contributed by atoms with Crippen molar-refractivity contribution in [1.29, 1.82) is 0 Å². The Labute approximate surface area is 123 Å². The highest BCUT2D eigenvalue weighted by Crippen LogP contribution is 2.23. The fourth-order valence-electron chi connectivity index (χ4n) is 1.76. The summed E-state index contributed by atoms with van der Waals surface area (Å²) in [5, 5.41) is 5.64. The Balaban J connectivity index is 2.81. The summed E-state index contributed by atoms with van der Waals surface area (Å²) in [6, 6.07) is 4.75. The van der Waals surface area contributed by atoms with Crippen LogP contribution in [-0.2, 0) is 4.79 Å². The zero-order chi connectivity index (χ0) is 15.1. The van der Waals surface area contributed by atoms with E-state index in [4.69, 9.17) is 17.3 Å². The lowest BCUT2D eigenvalue weighted by molar-refractivity contribution is -0.117. The minimum Gasteiger partial charge on any atom is -0.355 e. The Kier molecular flexibility index (Phi) is 6.48. The van der Waals surface area contributed by atoms with Gasteiger partial charge in [-0.05, 0) is 30.7 Å². The molecular weight excluding hydrogens is 278 g/mol. The molecule has 0 spiro atoms. The molecule has 2 amide bonds. The molecule has 1 aromatic rings. The van der Waals surface area contributed by atoms with E-state index in [0.717, 1.165) is 6.42 Å². The topological polar surface area (TPSA) is 84.2 Å². The van der Waals surface area contributed by atoms with Gasteiger partial charge in [-0.15, -0.1) is 0 Å². The van der Waals surface area contributed by atoms with Gasteiger partial charge in [-0.2, -0.15) is 0 Å². The lowest BCUT2D eigenvalue weighted by Crippen LogP contribution is -2.22. The fraction of sp³-hybridized carbons (Fsp3) is 0.429. The molecular formula is C14H20ClN3O2. The number of hydrogen-bond donors (Lipinski definition) is 3. The fourth-order valence-corrected chi connectivity index (χ4v) is 1.93. The van der Waals surface area contributed by atoms with E-state index in [9.17, 15) is 9.59 Å². The molecule has 0 saturated carbocycles. The molecule has 1 rings (SSSR count). The number of nitrogens with one attached hydrogen (secondary N) is 2. The van der Waals surface area contributed by atoms with Crippen LogP contribution in [0.2, 0.25) is 5.02 Å². The second kappa shape index (κ2) is 7.87. The Morgan fingerprint density at radius 3 is 2.65 bits per heavy atom. The molecule has 0 saturated heterocycles. The highest BCUT2D eigenvalue weighted by Gasteiger charge is 2.13. The van der Waals surface area contributed by atoms with Crippen LogP contribution >= 0.6 is 11.6 Å². The van der Waals surface area contributed by atoms with E-state index in [-0.39, 0.29) is 17.7 Å². The Bertz CT molecular complexity index is 487. The number of rotatable bonds is 6. The van der Waals surface area contributed by atoms with E-state index in [2.05, 4.69) is 10.6 Å². The Hall–Kier alpha value is -1.59. The second-order valence-electron chi connectivity index (χ2n) is 4.54. The van der Waals surface area contributed by atoms with Gasteiger partial charge in [0.2, 0.25) is 5.91 Å². The summed E-state index contributed by atoms with van der Waals surface area (Å²) >= 11 is 6.02. The number of carbonyl (C=O) groups is 2. The molecule has 110 valence electrons. The number of amides is 2. The maximum absolute atomic E-state index is 11.9. The molecule has 0 heterocycles. The summed E-state index contributed by atoms with van der Waals surface area (Å²) in [6.45, 7) is 2.46. The monoisotopic (exact) mass is 297 g/mol. The highest BCUT2D eigenvalue weighted by molar-refractivity contribution is 6.33. The molecule has 20 heavy (non-hydrogen) atoms. The first-order chi connectivity index (χ1) is 9.51. The molecule has 0 fully saturated rings. The van der Waals surface area contributed by atoms with Gasteiger partial charge >= 0.3 is 0 Å². The van der Waals surface area contributed by atoms with Crippen molar-refractivity contribution in [2.45, 2.75) is 19.8 Å². The number of halogens is 1. The van der Waals surface area contributed by atoms with Crippen LogP contribution in [0, 0.1) is 5.92 Å². The lowest BCUT2D eigenvalue weighted by Gasteiger charge is -2.13. The summed E-state index contributed by atoms with van der Waals surface area (Å²) in [4.78, 5) is 23.5. The Morgan fingerprint density at radius 2 is 2.10 bits per heavy atom. The van der Waals surface area contributed by atoms with Crippen LogP contribution in [0.15, 0.2) is 18.2 Å². The van der Waals surface area contributed by atoms with Crippen molar-refractivity contribution in [1.82, 2.24) is 5.32 Å². The first-order valence-corrected chi connectivity index (χ1v) is 6.91. The summed E-state index contributed by atoms with van der Waals surface area (Å²) < 4.78 is 0. The quantitative estimate of drug-likeness (QED) is 0.751. The van der Waals surface area contributed by atoms with Gasteiger partial charge in [-0.25, -0.2) is 0 Å². The average molecular weight is 298 g/mol. The van der Waals surface area contributed by atoms with Crippen LogP contribution in [0.25, 0.3) is 0 Å². The average Bonchev–Trinajstić information content (AvgIpc) is 2.46. The van der Waals surface area contributed by atoms with Crippen molar-refractivity contribution in [2.24, 2.45) is 11.7 Å². The van der Waals surface area contributed by atoms with E-state index >= 15 is 0 Å². The largest absolute Gasteiger partial charge is 0.355 e. The molecule has 1 unspecified atom stereocenters. The van der Waals surface area contributed by atoms with Crippen LogP contribution in [0.1, 0.15) is 30.1 Å². The van der Waals surface area contributed by atoms with Crippen LogP contribution in [0.5, 0.6) is 0 Å². The van der Waals surface area contributed by atoms with Gasteiger partial charge in [0.05, 0.1) is 10.7 Å². The standard InChI is InChI=1S/C14H20ClN3O2/c1-3-9(8-16)6-13(19)18-12-7-10(14(20)17-2)4-5-11(12)15/h4-5,7,9H,3,6,8,16H2,1-2H3,(H,17,20)(H,18,19). The number of benzene rings is 1. The van der Waals surface area contributed by atoms with Gasteiger partial charge < -0.3 is 16.4 Å². The van der Waals surface area contributed by atoms with Crippen molar-refractivity contribution in [3.05, 3.63) is 28.8 Å². The molecule has 1 aromatic carbocycles. The third kappa shape index (κ3) is 4.51. The van der Waals surface area contributed by atoms with Crippen LogP contribution in [0.4, 0.5) is 5.69 Å². The van der Waals surface area contributed by atoms with Gasteiger partial charge in [-0.1, -0.05) is 24.9 Å². The third-order valence-corrected chi connectivity index (χ3v) is 3.44. The molecule has 0 aliphatic heterocycles. The zero-order valence-corrected chi connectivity index (χ0v) is 12.5. The van der Waals surface area contributed by atoms with Gasteiger partial charge in [0, 0.05) is 19.0 Å². The van der Waals surface area contributed by atoms with Crippen LogP contribution in [-0.4, -0.2) is 25.4 Å². The van der Waals surface area contributed by atoms with Gasteiger partial charge in [0.15, 0.2) is 0 Å². The summed E-state index contributed by atoms with van der Waals surface area (Å²) in [5.41, 5.74) is 6.46. The van der Waals surface area contributed by atoms with E-state index < -0.39 is 0 Å². The normalized spacial score (nSPS) is 11.8. The van der Waals surface area contributed by atoms with Crippen molar-refractivity contribution >= 4 is 29.1 Å². The first-order valence-electron chi connectivity index (χ1n) is 6.53. The molecule has 0 aliphatic rings. The van der Waals surface area contributed by atoms with Crippen LogP contribution in [0.3, 0.4) is 0 Å². The predicted molar refractivity (Wildman–Crippen MR) is 80.9 cm³/mol. The van der Waals surface area contributed by atoms with Gasteiger partial charge in [-0.3, -0.25) is 9.59 Å². The Morgan fingerprint density at radius 1 is 1.40 bits per heavy atom. The van der Waals surface area contributed by atoms with E-state index in [1.54, 1.807) is 25.2 Å². The molecule has 1 atom stereocenters. The van der Waals surface area contributed by atoms with E-state index in [0.29, 0.717) is 29.2 Å². The summed E-state index contributed by atoms with van der Waals surface area (Å²) in [7, 11) is 1.54. The van der Waals surface area contributed by atoms with Crippen LogP contribution < -0.4 is 16.4 Å². The van der Waals surface area contributed by atoms with Gasteiger partial charge in [0.25, 0.3) is 5.91 Å². The molecule has 0 bridgehead atoms. The highest BCUT2D eigenvalue weighted by atomic mass is 35.5. The minimum atomic E-state index is -0.231. The number of carbonyl (C=O) groups excluding carboxylic acids is 2. The van der Waals surface area contributed by atoms with Gasteiger partial charge in [0.1, 0.15) is 0 Å². The molecule has 6 heteroatoms. The maximum atomic E-state index is 11.9. The predicted octanol–water partition coefficient (Wildman–Crippen LogP) is 2.01. The smallest absolute Gasteiger partial charge is 0.251 e. The zero-order valence-electron chi connectivity index (χ0n) is 11.7. The molecule has 0 aliphatic carbocycles. The second-order valence-corrected chi connectivity index (χ2v) is 4.94.